The second kappa shape index (κ2) is 16.9. The van der Waals surface area contributed by atoms with E-state index in [9.17, 15) is 5.11 Å². The average molecular weight is 377 g/mol. The molecule has 5 nitrogen and oxygen atoms in total. The van der Waals surface area contributed by atoms with Gasteiger partial charge in [-0.1, -0.05) is 45.4 Å². The summed E-state index contributed by atoms with van der Waals surface area (Å²) in [7, 11) is 0. The van der Waals surface area contributed by atoms with E-state index in [2.05, 4.69) is 13.8 Å². The Labute approximate surface area is 161 Å². The first-order valence-electron chi connectivity index (χ1n) is 10.7. The molecule has 0 aliphatic heterocycles. The van der Waals surface area contributed by atoms with Crippen LogP contribution >= 0.6 is 0 Å². The lowest BCUT2D eigenvalue weighted by Crippen LogP contribution is -2.41. The molecule has 0 spiro atoms. The molecule has 0 aliphatic rings. The molecule has 5 heteroatoms. The van der Waals surface area contributed by atoms with Crippen molar-refractivity contribution in [2.75, 3.05) is 33.0 Å². The number of ether oxygens (including phenoxy) is 3. The molecular weight excluding hydrogens is 332 g/mol. The number of unbranched alkanes of at least 4 members (excludes halogenated alkanes) is 5. The van der Waals surface area contributed by atoms with Crippen molar-refractivity contribution in [2.24, 2.45) is 5.92 Å². The van der Waals surface area contributed by atoms with Crippen molar-refractivity contribution in [2.45, 2.75) is 97.4 Å². The Hall–Kier alpha value is -0.200. The van der Waals surface area contributed by atoms with Crippen molar-refractivity contribution in [3.63, 3.8) is 0 Å². The maximum atomic E-state index is 9.33. The highest BCUT2D eigenvalue weighted by molar-refractivity contribution is 4.76. The van der Waals surface area contributed by atoms with Crippen LogP contribution in [-0.2, 0) is 14.2 Å². The molecule has 0 heterocycles. The van der Waals surface area contributed by atoms with Gasteiger partial charge in [0.25, 0.3) is 0 Å². The number of rotatable bonds is 19. The maximum Gasteiger partial charge on any atom is 0.168 e. The number of aliphatic hydroxyl groups is 2. The van der Waals surface area contributed by atoms with Crippen LogP contribution < -0.4 is 0 Å². The highest BCUT2D eigenvalue weighted by atomic mass is 16.7. The van der Waals surface area contributed by atoms with E-state index in [0.717, 1.165) is 19.3 Å². The normalized spacial score (nSPS) is 14.5. The van der Waals surface area contributed by atoms with E-state index in [1.165, 1.54) is 38.5 Å². The van der Waals surface area contributed by atoms with Crippen LogP contribution in [0.25, 0.3) is 0 Å². The van der Waals surface area contributed by atoms with Gasteiger partial charge in [-0.25, -0.2) is 0 Å². The molecule has 2 N–H and O–H groups in total. The summed E-state index contributed by atoms with van der Waals surface area (Å²) in [6.07, 6.45) is 9.90. The summed E-state index contributed by atoms with van der Waals surface area (Å²) in [6, 6.07) is 0. The Morgan fingerprint density at radius 3 is 2.00 bits per heavy atom. The smallest absolute Gasteiger partial charge is 0.168 e. The predicted octanol–water partition coefficient (Wildman–Crippen LogP) is 4.29. The highest BCUT2D eigenvalue weighted by Crippen LogP contribution is 2.32. The van der Waals surface area contributed by atoms with Gasteiger partial charge in [0.15, 0.2) is 5.79 Å². The van der Waals surface area contributed by atoms with E-state index in [1.807, 2.05) is 13.8 Å². The zero-order valence-corrected chi connectivity index (χ0v) is 17.7. The predicted molar refractivity (Wildman–Crippen MR) is 106 cm³/mol. The Bertz CT molecular complexity index is 292. The van der Waals surface area contributed by atoms with Gasteiger partial charge in [-0.15, -0.1) is 0 Å². The van der Waals surface area contributed by atoms with Crippen molar-refractivity contribution in [1.29, 1.82) is 0 Å². The number of aliphatic hydroxyl groups excluding tert-OH is 2. The van der Waals surface area contributed by atoms with Gasteiger partial charge in [0, 0.05) is 25.7 Å². The molecule has 26 heavy (non-hydrogen) atoms. The van der Waals surface area contributed by atoms with Crippen molar-refractivity contribution < 1.29 is 24.4 Å². The first-order valence-corrected chi connectivity index (χ1v) is 10.7. The molecule has 0 saturated carbocycles. The summed E-state index contributed by atoms with van der Waals surface area (Å²) in [5.74, 6) is -0.211. The summed E-state index contributed by atoms with van der Waals surface area (Å²) in [5.41, 5.74) is 0. The minimum Gasteiger partial charge on any atom is -0.394 e. The van der Waals surface area contributed by atoms with Crippen LogP contribution in [0.1, 0.15) is 85.5 Å². The van der Waals surface area contributed by atoms with E-state index in [-0.39, 0.29) is 13.2 Å². The van der Waals surface area contributed by atoms with Crippen molar-refractivity contribution in [1.82, 2.24) is 0 Å². The van der Waals surface area contributed by atoms with Crippen LogP contribution in [0.4, 0.5) is 0 Å². The molecule has 0 bridgehead atoms. The monoisotopic (exact) mass is 376 g/mol. The molecule has 2 atom stereocenters. The molecule has 0 aromatic rings. The fourth-order valence-electron chi connectivity index (χ4n) is 3.39. The molecule has 158 valence electrons. The van der Waals surface area contributed by atoms with E-state index in [4.69, 9.17) is 19.3 Å². The average Bonchev–Trinajstić information content (AvgIpc) is 2.62. The SMILES string of the molecule is CCCCCCCCC(CCCOCC(O)CO)C(C)(OCC)OCC. The molecule has 0 aromatic heterocycles. The van der Waals surface area contributed by atoms with Crippen LogP contribution in [0, 0.1) is 5.92 Å². The van der Waals surface area contributed by atoms with Crippen LogP contribution in [0.3, 0.4) is 0 Å². The Kier molecular flexibility index (Phi) is 16.8. The summed E-state index contributed by atoms with van der Waals surface area (Å²) < 4.78 is 17.5. The minimum absolute atomic E-state index is 0.187. The van der Waals surface area contributed by atoms with Gasteiger partial charge in [-0.3, -0.25) is 0 Å². The van der Waals surface area contributed by atoms with Gasteiger partial charge in [0.2, 0.25) is 0 Å². The van der Waals surface area contributed by atoms with Gasteiger partial charge in [-0.2, -0.15) is 0 Å². The van der Waals surface area contributed by atoms with E-state index in [1.54, 1.807) is 0 Å². The van der Waals surface area contributed by atoms with Crippen molar-refractivity contribution in [3.05, 3.63) is 0 Å². The largest absolute Gasteiger partial charge is 0.394 e. The molecular formula is C21H44O5. The van der Waals surface area contributed by atoms with E-state index < -0.39 is 11.9 Å². The maximum absolute atomic E-state index is 9.33. The first-order chi connectivity index (χ1) is 12.5. The van der Waals surface area contributed by atoms with Gasteiger partial charge in [0.05, 0.1) is 13.2 Å². The third-order valence-electron chi connectivity index (χ3n) is 4.87. The van der Waals surface area contributed by atoms with Crippen LogP contribution in [0.2, 0.25) is 0 Å². The van der Waals surface area contributed by atoms with Crippen molar-refractivity contribution in [3.8, 4) is 0 Å². The summed E-state index contributed by atoms with van der Waals surface area (Å²) in [5, 5.41) is 18.1. The van der Waals surface area contributed by atoms with Crippen molar-refractivity contribution >= 4 is 0 Å². The van der Waals surface area contributed by atoms with Gasteiger partial charge < -0.3 is 24.4 Å². The molecule has 0 aliphatic carbocycles. The molecule has 0 radical (unpaired) electrons. The second-order valence-electron chi connectivity index (χ2n) is 7.19. The van der Waals surface area contributed by atoms with E-state index >= 15 is 0 Å². The zero-order valence-electron chi connectivity index (χ0n) is 17.7. The number of hydrogen-bond donors (Lipinski definition) is 2. The molecule has 0 saturated heterocycles. The lowest BCUT2D eigenvalue weighted by Gasteiger charge is -2.37. The topological polar surface area (TPSA) is 68.2 Å². The fourth-order valence-corrected chi connectivity index (χ4v) is 3.39. The molecule has 0 amide bonds. The Balaban J connectivity index is 4.42. The van der Waals surface area contributed by atoms with Gasteiger partial charge >= 0.3 is 0 Å². The molecule has 0 aromatic carbocycles. The van der Waals surface area contributed by atoms with Crippen LogP contribution in [0.15, 0.2) is 0 Å². The zero-order chi connectivity index (χ0) is 19.7. The number of hydrogen-bond acceptors (Lipinski definition) is 5. The van der Waals surface area contributed by atoms with E-state index in [0.29, 0.717) is 25.7 Å². The molecule has 0 fully saturated rings. The lowest BCUT2D eigenvalue weighted by atomic mass is 9.88. The summed E-state index contributed by atoms with van der Waals surface area (Å²) >= 11 is 0. The second-order valence-corrected chi connectivity index (χ2v) is 7.19. The highest BCUT2D eigenvalue weighted by Gasteiger charge is 2.34. The van der Waals surface area contributed by atoms with Gasteiger partial charge in [-0.05, 0) is 40.0 Å². The fraction of sp³-hybridized carbons (Fsp3) is 1.00. The summed E-state index contributed by atoms with van der Waals surface area (Å²) in [4.78, 5) is 0. The molecule has 0 rings (SSSR count). The van der Waals surface area contributed by atoms with Crippen LogP contribution in [0.5, 0.6) is 0 Å². The molecule has 2 unspecified atom stereocenters. The third kappa shape index (κ3) is 12.2. The quantitative estimate of drug-likeness (QED) is 0.260. The standard InChI is InChI=1S/C21H44O5/c1-5-8-9-10-11-12-14-19(21(4,25-6-2)26-7-3)15-13-16-24-18-20(23)17-22/h19-20,22-23H,5-18H2,1-4H3. The lowest BCUT2D eigenvalue weighted by molar-refractivity contribution is -0.254. The van der Waals surface area contributed by atoms with Gasteiger partial charge in [0.1, 0.15) is 6.10 Å². The minimum atomic E-state index is -0.786. The van der Waals surface area contributed by atoms with Crippen LogP contribution in [-0.4, -0.2) is 55.1 Å². The Morgan fingerprint density at radius 2 is 1.42 bits per heavy atom. The Morgan fingerprint density at radius 1 is 0.846 bits per heavy atom. The first kappa shape index (κ1) is 25.8. The third-order valence-corrected chi connectivity index (χ3v) is 4.87. The summed E-state index contributed by atoms with van der Waals surface area (Å²) in [6.45, 7) is 10.1.